The van der Waals surface area contributed by atoms with E-state index in [9.17, 15) is 12.8 Å². The van der Waals surface area contributed by atoms with Crippen LogP contribution in [0.4, 0.5) is 10.1 Å². The standard InChI is InChI=1S/C13H20FN3O2S/c1-16-7-3-4-11(16)9-17(2)20(18,19)13-8-10(15)5-6-12(13)14/h5-6,8,11H,3-4,7,9,15H2,1-2H3. The third-order valence-corrected chi connectivity index (χ3v) is 5.62. The number of nitrogens with zero attached hydrogens (tertiary/aromatic N) is 2. The molecule has 1 unspecified atom stereocenters. The first-order valence-electron chi connectivity index (χ1n) is 6.54. The molecule has 0 spiro atoms. The van der Waals surface area contributed by atoms with Gasteiger partial charge in [-0.3, -0.25) is 0 Å². The van der Waals surface area contributed by atoms with Crippen molar-refractivity contribution in [3.05, 3.63) is 24.0 Å². The lowest BCUT2D eigenvalue weighted by Crippen LogP contribution is -2.39. The predicted molar refractivity (Wildman–Crippen MR) is 76.3 cm³/mol. The van der Waals surface area contributed by atoms with Crippen LogP contribution in [0.15, 0.2) is 23.1 Å². The topological polar surface area (TPSA) is 66.6 Å². The Bertz CT molecular complexity index is 591. The fourth-order valence-corrected chi connectivity index (χ4v) is 3.79. The number of hydrogen-bond acceptors (Lipinski definition) is 4. The number of halogens is 1. The summed E-state index contributed by atoms with van der Waals surface area (Å²) < 4.78 is 39.8. The van der Waals surface area contributed by atoms with Gasteiger partial charge in [0.25, 0.3) is 0 Å². The number of likely N-dealkylation sites (N-methyl/N-ethyl adjacent to an activating group) is 2. The second-order valence-electron chi connectivity index (χ2n) is 5.25. The maximum absolute atomic E-state index is 13.7. The van der Waals surface area contributed by atoms with Crippen LogP contribution < -0.4 is 5.73 Å². The Labute approximate surface area is 119 Å². The minimum Gasteiger partial charge on any atom is -0.399 e. The number of hydrogen-bond donors (Lipinski definition) is 1. The molecule has 1 aromatic rings. The molecule has 5 nitrogen and oxygen atoms in total. The molecule has 1 fully saturated rings. The summed E-state index contributed by atoms with van der Waals surface area (Å²) in [4.78, 5) is 1.77. The minimum absolute atomic E-state index is 0.180. The van der Waals surface area contributed by atoms with Crippen LogP contribution in [0.1, 0.15) is 12.8 Å². The highest BCUT2D eigenvalue weighted by Crippen LogP contribution is 2.23. The van der Waals surface area contributed by atoms with E-state index in [4.69, 9.17) is 5.73 Å². The number of anilines is 1. The first-order valence-corrected chi connectivity index (χ1v) is 7.98. The lowest BCUT2D eigenvalue weighted by atomic mass is 10.2. The summed E-state index contributed by atoms with van der Waals surface area (Å²) in [5.74, 6) is -0.772. The zero-order chi connectivity index (χ0) is 14.9. The van der Waals surface area contributed by atoms with Gasteiger partial charge in [0.2, 0.25) is 10.0 Å². The van der Waals surface area contributed by atoms with E-state index >= 15 is 0 Å². The van der Waals surface area contributed by atoms with Crippen LogP contribution in [0.3, 0.4) is 0 Å². The van der Waals surface area contributed by atoms with Crippen molar-refractivity contribution in [2.75, 3.05) is 32.9 Å². The van der Waals surface area contributed by atoms with Gasteiger partial charge >= 0.3 is 0 Å². The lowest BCUT2D eigenvalue weighted by molar-refractivity contribution is 0.270. The molecule has 0 aliphatic carbocycles. The average Bonchev–Trinajstić information content (AvgIpc) is 2.78. The van der Waals surface area contributed by atoms with Crippen LogP contribution in [0.25, 0.3) is 0 Å². The number of nitrogen functional groups attached to an aromatic ring is 1. The molecule has 1 aliphatic heterocycles. The molecule has 0 bridgehead atoms. The van der Waals surface area contributed by atoms with Gasteiger partial charge in [-0.2, -0.15) is 4.31 Å². The van der Waals surface area contributed by atoms with E-state index in [0.717, 1.165) is 25.5 Å². The Hall–Kier alpha value is -1.18. The van der Waals surface area contributed by atoms with Gasteiger partial charge < -0.3 is 10.6 Å². The van der Waals surface area contributed by atoms with Gasteiger partial charge in [0.15, 0.2) is 0 Å². The number of likely N-dealkylation sites (tertiary alicyclic amines) is 1. The first-order chi connectivity index (χ1) is 9.32. The van der Waals surface area contributed by atoms with Crippen LogP contribution in [0.5, 0.6) is 0 Å². The Morgan fingerprint density at radius 3 is 2.80 bits per heavy atom. The average molecular weight is 301 g/mol. The molecule has 2 N–H and O–H groups in total. The summed E-state index contributed by atoms with van der Waals surface area (Å²) in [7, 11) is -0.404. The Morgan fingerprint density at radius 1 is 1.50 bits per heavy atom. The molecule has 1 aromatic carbocycles. The molecule has 7 heteroatoms. The Kier molecular flexibility index (Phi) is 4.31. The summed E-state index contributed by atoms with van der Waals surface area (Å²) in [6.45, 7) is 1.32. The van der Waals surface area contributed by atoms with Gasteiger partial charge in [0.05, 0.1) is 0 Å². The normalized spacial score (nSPS) is 20.7. The first kappa shape index (κ1) is 15.2. The summed E-state index contributed by atoms with van der Waals surface area (Å²) in [6, 6.07) is 3.77. The van der Waals surface area contributed by atoms with E-state index < -0.39 is 15.8 Å². The molecule has 0 amide bonds. The summed E-state index contributed by atoms with van der Waals surface area (Å²) in [6.07, 6.45) is 2.01. The Morgan fingerprint density at radius 2 is 2.20 bits per heavy atom. The van der Waals surface area contributed by atoms with E-state index in [-0.39, 0.29) is 16.6 Å². The zero-order valence-corrected chi connectivity index (χ0v) is 12.5. The highest BCUT2D eigenvalue weighted by molar-refractivity contribution is 7.89. The lowest BCUT2D eigenvalue weighted by Gasteiger charge is -2.25. The largest absolute Gasteiger partial charge is 0.399 e. The van der Waals surface area contributed by atoms with E-state index in [1.807, 2.05) is 7.05 Å². The second kappa shape index (κ2) is 5.67. The zero-order valence-electron chi connectivity index (χ0n) is 11.7. The molecule has 0 radical (unpaired) electrons. The van der Waals surface area contributed by atoms with Crippen LogP contribution in [0.2, 0.25) is 0 Å². The van der Waals surface area contributed by atoms with Crippen LogP contribution in [-0.2, 0) is 10.0 Å². The highest BCUT2D eigenvalue weighted by Gasteiger charge is 2.29. The van der Waals surface area contributed by atoms with Crippen molar-refractivity contribution in [2.45, 2.75) is 23.8 Å². The molecule has 2 rings (SSSR count). The number of nitrogens with two attached hydrogens (primary N) is 1. The maximum Gasteiger partial charge on any atom is 0.245 e. The number of rotatable bonds is 4. The third kappa shape index (κ3) is 2.94. The molecule has 0 aromatic heterocycles. The van der Waals surface area contributed by atoms with Crippen molar-refractivity contribution in [2.24, 2.45) is 0 Å². The van der Waals surface area contributed by atoms with E-state index in [2.05, 4.69) is 4.90 Å². The fraction of sp³-hybridized carbons (Fsp3) is 0.538. The highest BCUT2D eigenvalue weighted by atomic mass is 32.2. The van der Waals surface area contributed by atoms with Gasteiger partial charge in [-0.25, -0.2) is 12.8 Å². The van der Waals surface area contributed by atoms with Gasteiger partial charge in [-0.1, -0.05) is 0 Å². The van der Waals surface area contributed by atoms with Crippen molar-refractivity contribution >= 4 is 15.7 Å². The van der Waals surface area contributed by atoms with E-state index in [0.29, 0.717) is 6.54 Å². The Balaban J connectivity index is 2.23. The predicted octanol–water partition coefficient (Wildman–Crippen LogP) is 1.12. The SMILES string of the molecule is CN1CCCC1CN(C)S(=O)(=O)c1cc(N)ccc1F. The molecule has 1 aliphatic rings. The minimum atomic E-state index is -3.85. The summed E-state index contributed by atoms with van der Waals surface area (Å²) >= 11 is 0. The van der Waals surface area contributed by atoms with Crippen LogP contribution >= 0.6 is 0 Å². The van der Waals surface area contributed by atoms with Crippen LogP contribution in [0, 0.1) is 5.82 Å². The van der Waals surface area contributed by atoms with Crippen LogP contribution in [-0.4, -0.2) is 50.8 Å². The van der Waals surface area contributed by atoms with Gasteiger partial charge in [-0.15, -0.1) is 0 Å². The summed E-state index contributed by atoms with van der Waals surface area (Å²) in [5.41, 5.74) is 5.78. The molecule has 0 saturated carbocycles. The van der Waals surface area contributed by atoms with Gasteiger partial charge in [-0.05, 0) is 44.6 Å². The van der Waals surface area contributed by atoms with Gasteiger partial charge in [0.1, 0.15) is 10.7 Å². The number of sulfonamides is 1. The molecule has 112 valence electrons. The van der Waals surface area contributed by atoms with Crippen molar-refractivity contribution < 1.29 is 12.8 Å². The monoisotopic (exact) mass is 301 g/mol. The number of benzene rings is 1. The quantitative estimate of drug-likeness (QED) is 0.846. The van der Waals surface area contributed by atoms with E-state index in [1.165, 1.54) is 23.5 Å². The third-order valence-electron chi connectivity index (χ3n) is 3.78. The second-order valence-corrected chi connectivity index (χ2v) is 7.27. The van der Waals surface area contributed by atoms with Crippen molar-refractivity contribution in [3.8, 4) is 0 Å². The molecule has 1 atom stereocenters. The van der Waals surface area contributed by atoms with Crippen molar-refractivity contribution in [1.29, 1.82) is 0 Å². The fourth-order valence-electron chi connectivity index (χ4n) is 2.49. The molecule has 1 heterocycles. The van der Waals surface area contributed by atoms with Crippen molar-refractivity contribution in [3.63, 3.8) is 0 Å². The molecule has 1 saturated heterocycles. The smallest absolute Gasteiger partial charge is 0.245 e. The molecule has 20 heavy (non-hydrogen) atoms. The van der Waals surface area contributed by atoms with Crippen molar-refractivity contribution in [1.82, 2.24) is 9.21 Å². The van der Waals surface area contributed by atoms with E-state index in [1.54, 1.807) is 0 Å². The molecular weight excluding hydrogens is 281 g/mol. The van der Waals surface area contributed by atoms with Gasteiger partial charge in [0, 0.05) is 25.3 Å². The maximum atomic E-state index is 13.7. The summed E-state index contributed by atoms with van der Waals surface area (Å²) in [5, 5.41) is 0. The molecular formula is C13H20FN3O2S.